The molecule has 7 nitrogen and oxygen atoms in total. The summed E-state index contributed by atoms with van der Waals surface area (Å²) in [7, 11) is 0. The molecule has 1 aromatic heterocycles. The molecule has 2 aliphatic rings. The number of rotatable bonds is 1. The maximum Gasteiger partial charge on any atom is 0.322 e. The lowest BCUT2D eigenvalue weighted by atomic mass is 9.87. The van der Waals surface area contributed by atoms with Gasteiger partial charge in [-0.1, -0.05) is 0 Å². The number of aromatic nitrogens is 1. The zero-order valence-electron chi connectivity index (χ0n) is 11.1. The van der Waals surface area contributed by atoms with E-state index in [1.165, 1.54) is 17.2 Å². The van der Waals surface area contributed by atoms with Crippen LogP contribution in [-0.4, -0.2) is 46.4 Å². The lowest BCUT2D eigenvalue weighted by Gasteiger charge is -2.36. The Bertz CT molecular complexity index is 626. The Hall–Kier alpha value is -2.51. The molecule has 3 heterocycles. The number of hydrogen-bond donors (Lipinski definition) is 2. The van der Waals surface area contributed by atoms with E-state index >= 15 is 0 Å². The molecular formula is C13H13FN4O3. The first-order chi connectivity index (χ1) is 10.00. The second-order valence-electron chi connectivity index (χ2n) is 5.15. The van der Waals surface area contributed by atoms with E-state index in [9.17, 15) is 18.8 Å². The molecule has 2 saturated heterocycles. The van der Waals surface area contributed by atoms with Crippen LogP contribution >= 0.6 is 0 Å². The minimum absolute atomic E-state index is 0.221. The van der Waals surface area contributed by atoms with Crippen molar-refractivity contribution in [3.63, 3.8) is 0 Å². The molecule has 2 aliphatic heterocycles. The molecule has 4 amide bonds. The van der Waals surface area contributed by atoms with Crippen LogP contribution in [0.1, 0.15) is 23.2 Å². The molecule has 2 fully saturated rings. The number of carbonyl (C=O) groups is 3. The zero-order chi connectivity index (χ0) is 15.0. The van der Waals surface area contributed by atoms with Gasteiger partial charge in [-0.05, 0) is 18.9 Å². The van der Waals surface area contributed by atoms with Crippen molar-refractivity contribution in [2.24, 2.45) is 0 Å². The van der Waals surface area contributed by atoms with Gasteiger partial charge in [0.2, 0.25) is 5.95 Å². The lowest BCUT2D eigenvalue weighted by Crippen LogP contribution is -2.55. The molecule has 21 heavy (non-hydrogen) atoms. The van der Waals surface area contributed by atoms with Crippen molar-refractivity contribution in [1.82, 2.24) is 20.5 Å². The summed E-state index contributed by atoms with van der Waals surface area (Å²) in [5, 5.41) is 4.83. The average molecular weight is 292 g/mol. The van der Waals surface area contributed by atoms with Gasteiger partial charge in [-0.25, -0.2) is 9.78 Å². The molecular weight excluding hydrogens is 279 g/mol. The largest absolute Gasteiger partial charge is 0.338 e. The summed E-state index contributed by atoms with van der Waals surface area (Å²) >= 11 is 0. The Morgan fingerprint density at radius 2 is 2.05 bits per heavy atom. The SMILES string of the molecule is O=C1NC(=O)C2(CCN(C(=O)c3ccnc(F)c3)CC2)N1. The van der Waals surface area contributed by atoms with Crippen LogP contribution < -0.4 is 10.6 Å². The molecule has 8 heteroatoms. The van der Waals surface area contributed by atoms with Gasteiger partial charge in [0.15, 0.2) is 0 Å². The first-order valence-corrected chi connectivity index (χ1v) is 6.55. The van der Waals surface area contributed by atoms with Gasteiger partial charge in [-0.2, -0.15) is 4.39 Å². The van der Waals surface area contributed by atoms with Crippen LogP contribution in [0.5, 0.6) is 0 Å². The van der Waals surface area contributed by atoms with Crippen LogP contribution in [0.2, 0.25) is 0 Å². The second-order valence-corrected chi connectivity index (χ2v) is 5.15. The Balaban J connectivity index is 1.70. The number of nitrogens with one attached hydrogen (secondary N) is 2. The summed E-state index contributed by atoms with van der Waals surface area (Å²) < 4.78 is 13.0. The molecule has 0 aliphatic carbocycles. The second kappa shape index (κ2) is 4.80. The van der Waals surface area contributed by atoms with Gasteiger partial charge in [0.05, 0.1) is 0 Å². The van der Waals surface area contributed by atoms with E-state index in [2.05, 4.69) is 15.6 Å². The predicted molar refractivity (Wildman–Crippen MR) is 68.7 cm³/mol. The third-order valence-electron chi connectivity index (χ3n) is 3.89. The van der Waals surface area contributed by atoms with Crippen molar-refractivity contribution in [1.29, 1.82) is 0 Å². The van der Waals surface area contributed by atoms with E-state index in [1.807, 2.05) is 0 Å². The summed E-state index contributed by atoms with van der Waals surface area (Å²) in [5.74, 6) is -1.37. The van der Waals surface area contributed by atoms with Crippen molar-refractivity contribution < 1.29 is 18.8 Å². The molecule has 2 N–H and O–H groups in total. The molecule has 0 aromatic carbocycles. The first-order valence-electron chi connectivity index (χ1n) is 6.55. The summed E-state index contributed by atoms with van der Waals surface area (Å²) in [4.78, 5) is 40.2. The van der Waals surface area contributed by atoms with Crippen molar-refractivity contribution in [3.8, 4) is 0 Å². The van der Waals surface area contributed by atoms with Crippen LogP contribution in [0.25, 0.3) is 0 Å². The molecule has 1 aromatic rings. The maximum absolute atomic E-state index is 13.0. The van der Waals surface area contributed by atoms with Gasteiger partial charge in [0.25, 0.3) is 11.8 Å². The number of nitrogens with zero attached hydrogens (tertiary/aromatic N) is 2. The molecule has 0 bridgehead atoms. The molecule has 0 saturated carbocycles. The summed E-state index contributed by atoms with van der Waals surface area (Å²) in [6.07, 6.45) is 1.91. The van der Waals surface area contributed by atoms with E-state index in [4.69, 9.17) is 0 Å². The number of piperidine rings is 1. The third-order valence-corrected chi connectivity index (χ3v) is 3.89. The van der Waals surface area contributed by atoms with Crippen LogP contribution in [0.4, 0.5) is 9.18 Å². The van der Waals surface area contributed by atoms with Gasteiger partial charge in [-0.3, -0.25) is 14.9 Å². The monoisotopic (exact) mass is 292 g/mol. The molecule has 0 unspecified atom stereocenters. The van der Waals surface area contributed by atoms with Gasteiger partial charge in [0.1, 0.15) is 5.54 Å². The van der Waals surface area contributed by atoms with E-state index in [1.54, 1.807) is 0 Å². The summed E-state index contributed by atoms with van der Waals surface area (Å²) in [6, 6.07) is 2.02. The average Bonchev–Trinajstić information content (AvgIpc) is 2.73. The topological polar surface area (TPSA) is 91.4 Å². The highest BCUT2D eigenvalue weighted by Gasteiger charge is 2.48. The Labute approximate surface area is 119 Å². The highest BCUT2D eigenvalue weighted by Crippen LogP contribution is 2.26. The number of halogens is 1. The summed E-state index contributed by atoms with van der Waals surface area (Å²) in [5.41, 5.74) is -0.699. The number of likely N-dealkylation sites (tertiary alicyclic amines) is 1. The standard InChI is InChI=1S/C13H13FN4O3/c14-9-7-8(1-4-15-9)10(19)18-5-2-13(3-6-18)11(20)16-12(21)17-13/h1,4,7H,2-3,5-6H2,(H2,16,17,20,21). The van der Waals surface area contributed by atoms with E-state index in [0.717, 1.165) is 6.07 Å². The maximum atomic E-state index is 13.0. The van der Waals surface area contributed by atoms with Gasteiger partial charge >= 0.3 is 6.03 Å². The lowest BCUT2D eigenvalue weighted by molar-refractivity contribution is -0.125. The van der Waals surface area contributed by atoms with E-state index < -0.39 is 17.5 Å². The van der Waals surface area contributed by atoms with E-state index in [0.29, 0.717) is 25.9 Å². The normalized spacial score (nSPS) is 20.3. The number of urea groups is 1. The fraction of sp³-hybridized carbons (Fsp3) is 0.385. The van der Waals surface area contributed by atoms with Crippen molar-refractivity contribution in [2.75, 3.05) is 13.1 Å². The number of imide groups is 1. The molecule has 1 spiro atoms. The molecule has 110 valence electrons. The van der Waals surface area contributed by atoms with Crippen molar-refractivity contribution >= 4 is 17.8 Å². The van der Waals surface area contributed by atoms with Crippen LogP contribution in [0.15, 0.2) is 18.3 Å². The predicted octanol–water partition coefficient (Wildman–Crippen LogP) is 0.0349. The molecule has 3 rings (SSSR count). The van der Waals surface area contributed by atoms with Crippen LogP contribution in [0.3, 0.4) is 0 Å². The Morgan fingerprint density at radius 1 is 1.33 bits per heavy atom. The number of amides is 4. The van der Waals surface area contributed by atoms with Crippen LogP contribution in [0, 0.1) is 5.95 Å². The minimum Gasteiger partial charge on any atom is -0.338 e. The van der Waals surface area contributed by atoms with Crippen molar-refractivity contribution in [3.05, 3.63) is 29.8 Å². The number of carbonyl (C=O) groups excluding carboxylic acids is 3. The highest BCUT2D eigenvalue weighted by atomic mass is 19.1. The Kier molecular flexibility index (Phi) is 3.08. The summed E-state index contributed by atoms with van der Waals surface area (Å²) in [6.45, 7) is 0.632. The first kappa shape index (κ1) is 13.5. The van der Waals surface area contributed by atoms with Crippen molar-refractivity contribution in [2.45, 2.75) is 18.4 Å². The fourth-order valence-electron chi connectivity index (χ4n) is 2.69. The Morgan fingerprint density at radius 3 is 2.62 bits per heavy atom. The number of hydrogen-bond acceptors (Lipinski definition) is 4. The quantitative estimate of drug-likeness (QED) is 0.564. The zero-order valence-corrected chi connectivity index (χ0v) is 11.1. The smallest absolute Gasteiger partial charge is 0.322 e. The number of pyridine rings is 1. The molecule has 0 atom stereocenters. The van der Waals surface area contributed by atoms with Gasteiger partial charge in [-0.15, -0.1) is 0 Å². The fourth-order valence-corrected chi connectivity index (χ4v) is 2.69. The van der Waals surface area contributed by atoms with Crippen LogP contribution in [-0.2, 0) is 4.79 Å². The van der Waals surface area contributed by atoms with Gasteiger partial charge in [0, 0.05) is 30.9 Å². The highest BCUT2D eigenvalue weighted by molar-refractivity contribution is 6.07. The minimum atomic E-state index is -0.919. The third kappa shape index (κ3) is 2.32. The van der Waals surface area contributed by atoms with E-state index in [-0.39, 0.29) is 17.4 Å². The van der Waals surface area contributed by atoms with Gasteiger partial charge < -0.3 is 10.2 Å². The molecule has 0 radical (unpaired) electrons.